The van der Waals surface area contributed by atoms with Gasteiger partial charge in [0.05, 0.1) is 5.92 Å². The van der Waals surface area contributed by atoms with Gasteiger partial charge in [0.1, 0.15) is 0 Å². The van der Waals surface area contributed by atoms with Crippen molar-refractivity contribution >= 4 is 5.97 Å². The largest absolute Gasteiger partial charge is 0.481 e. The van der Waals surface area contributed by atoms with Gasteiger partial charge in [0.25, 0.3) is 0 Å². The highest BCUT2D eigenvalue weighted by atomic mass is 16.4. The average molecular weight is 234 g/mol. The van der Waals surface area contributed by atoms with Crippen LogP contribution in [-0.2, 0) is 11.2 Å². The third kappa shape index (κ3) is 4.59. The van der Waals surface area contributed by atoms with E-state index in [0.717, 1.165) is 24.8 Å². The van der Waals surface area contributed by atoms with Crippen LogP contribution in [-0.4, -0.2) is 11.1 Å². The van der Waals surface area contributed by atoms with Crippen molar-refractivity contribution in [1.29, 1.82) is 0 Å². The number of hydrogen-bond acceptors (Lipinski definition) is 1. The predicted molar refractivity (Wildman–Crippen MR) is 70.0 cm³/mol. The van der Waals surface area contributed by atoms with Crippen molar-refractivity contribution in [1.82, 2.24) is 0 Å². The van der Waals surface area contributed by atoms with Crippen LogP contribution in [0.4, 0.5) is 0 Å². The first kappa shape index (κ1) is 13.8. The fraction of sp³-hybridized carbons (Fsp3) is 0.533. The summed E-state index contributed by atoms with van der Waals surface area (Å²) in [5.41, 5.74) is 1.12. The molecule has 0 fully saturated rings. The van der Waals surface area contributed by atoms with Gasteiger partial charge in [-0.1, -0.05) is 57.0 Å². The predicted octanol–water partition coefficient (Wildman–Crippen LogP) is 3.76. The summed E-state index contributed by atoms with van der Waals surface area (Å²) in [6, 6.07) is 9.89. The Labute approximate surface area is 104 Å². The summed E-state index contributed by atoms with van der Waals surface area (Å²) in [4.78, 5) is 11.3. The minimum atomic E-state index is -0.666. The molecule has 2 nitrogen and oxygen atoms in total. The normalized spacial score (nSPS) is 12.6. The first-order valence-electron chi connectivity index (χ1n) is 6.44. The van der Waals surface area contributed by atoms with Crippen molar-refractivity contribution in [2.24, 2.45) is 11.8 Å². The van der Waals surface area contributed by atoms with E-state index in [-0.39, 0.29) is 5.92 Å². The Hall–Kier alpha value is -1.31. The van der Waals surface area contributed by atoms with Gasteiger partial charge in [-0.15, -0.1) is 0 Å². The number of carbonyl (C=O) groups is 1. The monoisotopic (exact) mass is 234 g/mol. The van der Waals surface area contributed by atoms with Gasteiger partial charge in [-0.2, -0.15) is 0 Å². The maximum absolute atomic E-state index is 11.3. The van der Waals surface area contributed by atoms with Crippen LogP contribution in [0.3, 0.4) is 0 Å². The van der Waals surface area contributed by atoms with E-state index in [2.05, 4.69) is 13.8 Å². The molecule has 2 heteroatoms. The molecule has 0 amide bonds. The zero-order valence-electron chi connectivity index (χ0n) is 10.7. The van der Waals surface area contributed by atoms with Gasteiger partial charge in [-0.25, -0.2) is 0 Å². The van der Waals surface area contributed by atoms with Gasteiger partial charge in [-0.05, 0) is 24.3 Å². The molecule has 1 N–H and O–H groups in total. The summed E-state index contributed by atoms with van der Waals surface area (Å²) in [7, 11) is 0. The van der Waals surface area contributed by atoms with Crippen LogP contribution in [0.2, 0.25) is 0 Å². The molecule has 17 heavy (non-hydrogen) atoms. The minimum absolute atomic E-state index is 0.248. The molecule has 0 aliphatic heterocycles. The van der Waals surface area contributed by atoms with Gasteiger partial charge < -0.3 is 5.11 Å². The lowest BCUT2D eigenvalue weighted by molar-refractivity contribution is -0.142. The smallest absolute Gasteiger partial charge is 0.306 e. The molecule has 0 heterocycles. The third-order valence-corrected chi connectivity index (χ3v) is 3.45. The molecule has 0 saturated carbocycles. The Morgan fingerprint density at radius 2 is 1.76 bits per heavy atom. The zero-order valence-corrected chi connectivity index (χ0v) is 10.7. The van der Waals surface area contributed by atoms with E-state index in [1.54, 1.807) is 0 Å². The molecule has 0 radical (unpaired) electrons. The van der Waals surface area contributed by atoms with E-state index >= 15 is 0 Å². The molecule has 1 atom stereocenters. The molecule has 0 spiro atoms. The lowest BCUT2D eigenvalue weighted by Crippen LogP contribution is -2.20. The third-order valence-electron chi connectivity index (χ3n) is 3.45. The molecule has 94 valence electrons. The highest BCUT2D eigenvalue weighted by molar-refractivity contribution is 5.70. The fourth-order valence-electron chi connectivity index (χ4n) is 2.19. The second kappa shape index (κ2) is 7.10. The van der Waals surface area contributed by atoms with Crippen LogP contribution in [0.25, 0.3) is 0 Å². The van der Waals surface area contributed by atoms with Crippen LogP contribution in [0.5, 0.6) is 0 Å². The Morgan fingerprint density at radius 3 is 2.24 bits per heavy atom. The SMILES string of the molecule is CCC(CC)CC(Cc1ccccc1)C(=O)O. The van der Waals surface area contributed by atoms with E-state index in [0.29, 0.717) is 12.3 Å². The number of rotatable bonds is 7. The highest BCUT2D eigenvalue weighted by Crippen LogP contribution is 2.22. The summed E-state index contributed by atoms with van der Waals surface area (Å²) < 4.78 is 0. The number of carboxylic acid groups (broad SMARTS) is 1. The molecule has 1 aromatic carbocycles. The molecule has 0 bridgehead atoms. The number of benzene rings is 1. The standard InChI is InChI=1S/C15H22O2/c1-3-12(4-2)10-14(15(16)17)11-13-8-6-5-7-9-13/h5-9,12,14H,3-4,10-11H2,1-2H3,(H,16,17). The maximum atomic E-state index is 11.3. The number of carboxylic acids is 1. The molecule has 0 saturated heterocycles. The van der Waals surface area contributed by atoms with E-state index < -0.39 is 5.97 Å². The van der Waals surface area contributed by atoms with Gasteiger partial charge in [0.15, 0.2) is 0 Å². The van der Waals surface area contributed by atoms with Gasteiger partial charge in [-0.3, -0.25) is 4.79 Å². The first-order valence-corrected chi connectivity index (χ1v) is 6.44. The molecule has 0 aliphatic carbocycles. The Morgan fingerprint density at radius 1 is 1.18 bits per heavy atom. The van der Waals surface area contributed by atoms with Crippen molar-refractivity contribution < 1.29 is 9.90 Å². The van der Waals surface area contributed by atoms with Gasteiger partial charge in [0.2, 0.25) is 0 Å². The highest BCUT2D eigenvalue weighted by Gasteiger charge is 2.21. The average Bonchev–Trinajstić information content (AvgIpc) is 2.35. The van der Waals surface area contributed by atoms with E-state index in [1.807, 2.05) is 30.3 Å². The zero-order chi connectivity index (χ0) is 12.7. The van der Waals surface area contributed by atoms with E-state index in [9.17, 15) is 9.90 Å². The second-order valence-electron chi connectivity index (χ2n) is 4.64. The summed E-state index contributed by atoms with van der Waals surface area (Å²) in [6.07, 6.45) is 3.56. The van der Waals surface area contributed by atoms with Crippen molar-refractivity contribution in [3.63, 3.8) is 0 Å². The fourth-order valence-corrected chi connectivity index (χ4v) is 2.19. The van der Waals surface area contributed by atoms with Crippen LogP contribution in [0, 0.1) is 11.8 Å². The number of hydrogen-bond donors (Lipinski definition) is 1. The van der Waals surface area contributed by atoms with Crippen LogP contribution in [0.15, 0.2) is 30.3 Å². The number of aliphatic carboxylic acids is 1. The lowest BCUT2D eigenvalue weighted by atomic mass is 9.87. The topological polar surface area (TPSA) is 37.3 Å². The van der Waals surface area contributed by atoms with Crippen molar-refractivity contribution in [2.75, 3.05) is 0 Å². The summed E-state index contributed by atoms with van der Waals surface area (Å²) in [5.74, 6) is -0.386. The molecular formula is C15H22O2. The molecule has 1 unspecified atom stereocenters. The molecular weight excluding hydrogens is 212 g/mol. The van der Waals surface area contributed by atoms with Crippen LogP contribution >= 0.6 is 0 Å². The quantitative estimate of drug-likeness (QED) is 0.780. The van der Waals surface area contributed by atoms with Crippen molar-refractivity contribution in [3.05, 3.63) is 35.9 Å². The van der Waals surface area contributed by atoms with Crippen LogP contribution < -0.4 is 0 Å². The Kier molecular flexibility index (Phi) is 5.75. The lowest BCUT2D eigenvalue weighted by Gasteiger charge is -2.18. The molecule has 1 rings (SSSR count). The first-order chi connectivity index (χ1) is 8.17. The van der Waals surface area contributed by atoms with Gasteiger partial charge >= 0.3 is 5.97 Å². The van der Waals surface area contributed by atoms with Gasteiger partial charge in [0, 0.05) is 0 Å². The molecule has 0 aliphatic rings. The van der Waals surface area contributed by atoms with Crippen LogP contribution in [0.1, 0.15) is 38.7 Å². The Balaban J connectivity index is 2.64. The van der Waals surface area contributed by atoms with Crippen molar-refractivity contribution in [3.8, 4) is 0 Å². The summed E-state index contributed by atoms with van der Waals surface area (Å²) in [6.45, 7) is 4.27. The second-order valence-corrected chi connectivity index (χ2v) is 4.64. The molecule has 1 aromatic rings. The molecule has 0 aromatic heterocycles. The van der Waals surface area contributed by atoms with E-state index in [1.165, 1.54) is 0 Å². The minimum Gasteiger partial charge on any atom is -0.481 e. The summed E-state index contributed by atoms with van der Waals surface area (Å²) in [5, 5.41) is 9.27. The van der Waals surface area contributed by atoms with E-state index in [4.69, 9.17) is 0 Å². The van der Waals surface area contributed by atoms with Crippen molar-refractivity contribution in [2.45, 2.75) is 39.5 Å². The summed E-state index contributed by atoms with van der Waals surface area (Å²) >= 11 is 0. The Bertz CT molecular complexity index is 328. The maximum Gasteiger partial charge on any atom is 0.306 e.